The van der Waals surface area contributed by atoms with E-state index in [0.717, 1.165) is 44.0 Å². The Hall–Kier alpha value is -2.64. The molecule has 166 valence electrons. The van der Waals surface area contributed by atoms with Gasteiger partial charge >= 0.3 is 0 Å². The van der Waals surface area contributed by atoms with Crippen molar-refractivity contribution in [3.63, 3.8) is 0 Å². The summed E-state index contributed by atoms with van der Waals surface area (Å²) in [4.78, 5) is 30.2. The molecule has 2 atom stereocenters. The molecule has 5 rings (SSSR count). The Balaban J connectivity index is 1.22. The number of rotatable bonds is 5. The zero-order chi connectivity index (χ0) is 22.2. The second kappa shape index (κ2) is 8.71. The molecule has 1 saturated carbocycles. The van der Waals surface area contributed by atoms with Gasteiger partial charge in [-0.05, 0) is 46.0 Å². The zero-order valence-corrected chi connectivity index (χ0v) is 19.7. The molecular weight excluding hydrogens is 468 g/mol. The zero-order valence-electron chi connectivity index (χ0n) is 18.2. The van der Waals surface area contributed by atoms with Crippen molar-refractivity contribution in [2.45, 2.75) is 18.9 Å². The van der Waals surface area contributed by atoms with Crippen molar-refractivity contribution in [2.75, 3.05) is 26.2 Å². The highest BCUT2D eigenvalue weighted by Gasteiger charge is 2.46. The summed E-state index contributed by atoms with van der Waals surface area (Å²) in [6.45, 7) is 3.77. The van der Waals surface area contributed by atoms with Crippen molar-refractivity contribution >= 4 is 21.8 Å². The Morgan fingerprint density at radius 1 is 0.969 bits per heavy atom. The molecular formula is C25H27BrN4O2. The average molecular weight is 495 g/mol. The molecule has 2 aromatic carbocycles. The number of carbonyl (C=O) groups excluding carboxylic acids is 1. The first-order valence-corrected chi connectivity index (χ1v) is 11.9. The molecule has 0 unspecified atom stereocenters. The number of benzene rings is 2. The van der Waals surface area contributed by atoms with Crippen LogP contribution in [-0.2, 0) is 18.4 Å². The van der Waals surface area contributed by atoms with Crippen LogP contribution in [0.1, 0.15) is 23.6 Å². The van der Waals surface area contributed by atoms with Crippen molar-refractivity contribution < 1.29 is 4.79 Å². The van der Waals surface area contributed by atoms with Crippen LogP contribution in [0.5, 0.6) is 0 Å². The molecule has 0 bridgehead atoms. The van der Waals surface area contributed by atoms with E-state index in [1.165, 1.54) is 5.56 Å². The monoisotopic (exact) mass is 494 g/mol. The molecule has 2 fully saturated rings. The molecule has 1 aromatic heterocycles. The number of hydrogen-bond donors (Lipinski definition) is 0. The van der Waals surface area contributed by atoms with Crippen LogP contribution in [0.2, 0.25) is 0 Å². The van der Waals surface area contributed by atoms with Crippen molar-refractivity contribution in [2.24, 2.45) is 13.0 Å². The summed E-state index contributed by atoms with van der Waals surface area (Å²) in [6.07, 6.45) is 0.963. The normalized spacial score (nSPS) is 21.0. The van der Waals surface area contributed by atoms with Crippen LogP contribution in [0.15, 0.2) is 69.9 Å². The number of halogens is 1. The van der Waals surface area contributed by atoms with Gasteiger partial charge in [0.25, 0.3) is 5.56 Å². The van der Waals surface area contributed by atoms with Crippen LogP contribution in [0.3, 0.4) is 0 Å². The van der Waals surface area contributed by atoms with E-state index in [-0.39, 0.29) is 11.5 Å². The lowest BCUT2D eigenvalue weighted by Gasteiger charge is -2.35. The Kier molecular flexibility index (Phi) is 5.78. The largest absolute Gasteiger partial charge is 0.340 e. The highest BCUT2D eigenvalue weighted by molar-refractivity contribution is 9.10. The summed E-state index contributed by atoms with van der Waals surface area (Å²) >= 11 is 3.52. The van der Waals surface area contributed by atoms with E-state index in [0.29, 0.717) is 22.8 Å². The lowest BCUT2D eigenvalue weighted by molar-refractivity contribution is -0.134. The predicted octanol–water partition coefficient (Wildman–Crippen LogP) is 3.39. The number of amides is 1. The van der Waals surface area contributed by atoms with Crippen LogP contribution >= 0.6 is 15.9 Å². The first kappa shape index (κ1) is 21.2. The Morgan fingerprint density at radius 3 is 2.25 bits per heavy atom. The Bertz CT molecular complexity index is 1160. The van der Waals surface area contributed by atoms with Gasteiger partial charge in [-0.3, -0.25) is 19.2 Å². The summed E-state index contributed by atoms with van der Waals surface area (Å²) in [5.74, 6) is 0.811. The molecule has 0 spiro atoms. The maximum atomic E-state index is 13.0. The third-order valence-electron chi connectivity index (χ3n) is 6.72. The van der Waals surface area contributed by atoms with Gasteiger partial charge in [0, 0.05) is 45.7 Å². The van der Waals surface area contributed by atoms with Crippen LogP contribution in [0, 0.1) is 5.92 Å². The van der Waals surface area contributed by atoms with E-state index in [2.05, 4.69) is 33.0 Å². The van der Waals surface area contributed by atoms with Gasteiger partial charge in [-0.2, -0.15) is 0 Å². The summed E-state index contributed by atoms with van der Waals surface area (Å²) < 4.78 is 4.22. The molecule has 32 heavy (non-hydrogen) atoms. The Morgan fingerprint density at radius 2 is 1.59 bits per heavy atom. The number of para-hydroxylation sites is 1. The minimum atomic E-state index is -0.0526. The summed E-state index contributed by atoms with van der Waals surface area (Å²) in [5, 5.41) is 0. The molecule has 6 nitrogen and oxygen atoms in total. The van der Waals surface area contributed by atoms with Gasteiger partial charge < -0.3 is 4.90 Å². The maximum Gasteiger partial charge on any atom is 0.286 e. The number of piperazine rings is 1. The third-order valence-corrected chi connectivity index (χ3v) is 7.51. The summed E-state index contributed by atoms with van der Waals surface area (Å²) in [6, 6.07) is 20.0. The average Bonchev–Trinajstić information content (AvgIpc) is 3.61. The minimum absolute atomic E-state index is 0.0526. The fourth-order valence-corrected chi connectivity index (χ4v) is 5.31. The topological polar surface area (TPSA) is 50.5 Å². The lowest BCUT2D eigenvalue weighted by atomic mass is 10.1. The van der Waals surface area contributed by atoms with Gasteiger partial charge in [0.05, 0.1) is 11.4 Å². The van der Waals surface area contributed by atoms with E-state index in [1.54, 1.807) is 4.68 Å². The molecule has 3 aromatic rings. The van der Waals surface area contributed by atoms with E-state index in [9.17, 15) is 9.59 Å². The second-order valence-electron chi connectivity index (χ2n) is 8.70. The predicted molar refractivity (Wildman–Crippen MR) is 128 cm³/mol. The van der Waals surface area contributed by atoms with Crippen LogP contribution in [0.25, 0.3) is 5.69 Å². The van der Waals surface area contributed by atoms with Gasteiger partial charge in [0.2, 0.25) is 5.91 Å². The van der Waals surface area contributed by atoms with Gasteiger partial charge in [-0.15, -0.1) is 0 Å². The van der Waals surface area contributed by atoms with E-state index < -0.39 is 0 Å². The van der Waals surface area contributed by atoms with Crippen LogP contribution < -0.4 is 5.56 Å². The van der Waals surface area contributed by atoms with Crippen molar-refractivity contribution in [1.29, 1.82) is 0 Å². The SMILES string of the molecule is Cn1c(CN2CCN(C(=O)[C@H]3C[C@@H]3c3ccccc3)CC2)c(Br)c(=O)n1-c1ccccc1. The van der Waals surface area contributed by atoms with E-state index >= 15 is 0 Å². The fraction of sp³-hybridized carbons (Fsp3) is 0.360. The number of carbonyl (C=O) groups is 1. The third kappa shape index (κ3) is 3.95. The maximum absolute atomic E-state index is 13.0. The van der Waals surface area contributed by atoms with Crippen molar-refractivity contribution in [3.8, 4) is 5.69 Å². The first-order chi connectivity index (χ1) is 15.5. The van der Waals surface area contributed by atoms with Crippen molar-refractivity contribution in [1.82, 2.24) is 19.2 Å². The van der Waals surface area contributed by atoms with Crippen LogP contribution in [-0.4, -0.2) is 51.2 Å². The van der Waals surface area contributed by atoms with E-state index in [1.807, 2.05) is 65.2 Å². The number of aromatic nitrogens is 2. The standard InChI is InChI=1S/C25H27BrN4O2/c1-27-22(23(26)25(32)30(27)19-10-6-3-7-11-19)17-28-12-14-29(15-13-28)24(31)21-16-20(21)18-8-4-2-5-9-18/h2-11,20-21H,12-17H2,1H3/t20-,21+/m1/s1. The van der Waals surface area contributed by atoms with Crippen molar-refractivity contribution in [3.05, 3.63) is 86.7 Å². The molecule has 1 aliphatic carbocycles. The minimum Gasteiger partial charge on any atom is -0.340 e. The molecule has 1 saturated heterocycles. The summed E-state index contributed by atoms with van der Waals surface area (Å²) in [7, 11) is 1.92. The molecule has 2 heterocycles. The molecule has 7 heteroatoms. The quantitative estimate of drug-likeness (QED) is 0.546. The van der Waals surface area contributed by atoms with Gasteiger partial charge in [-0.25, -0.2) is 4.68 Å². The lowest BCUT2D eigenvalue weighted by Crippen LogP contribution is -2.49. The van der Waals surface area contributed by atoms with Gasteiger partial charge in [-0.1, -0.05) is 48.5 Å². The molecule has 0 radical (unpaired) electrons. The Labute approximate surface area is 196 Å². The molecule has 1 amide bonds. The molecule has 1 aliphatic heterocycles. The smallest absolute Gasteiger partial charge is 0.286 e. The van der Waals surface area contributed by atoms with Crippen LogP contribution in [0.4, 0.5) is 0 Å². The van der Waals surface area contributed by atoms with E-state index in [4.69, 9.17) is 0 Å². The molecule has 0 N–H and O–H groups in total. The van der Waals surface area contributed by atoms with Gasteiger partial charge in [0.15, 0.2) is 0 Å². The highest BCUT2D eigenvalue weighted by Crippen LogP contribution is 2.48. The second-order valence-corrected chi connectivity index (χ2v) is 9.49. The molecule has 2 aliphatic rings. The fourth-order valence-electron chi connectivity index (χ4n) is 4.76. The van der Waals surface area contributed by atoms with Gasteiger partial charge in [0.1, 0.15) is 4.47 Å². The first-order valence-electron chi connectivity index (χ1n) is 11.1. The number of nitrogens with zero attached hydrogens (tertiary/aromatic N) is 4. The number of hydrogen-bond acceptors (Lipinski definition) is 3. The summed E-state index contributed by atoms with van der Waals surface area (Å²) in [5.41, 5.74) is 3.02. The highest BCUT2D eigenvalue weighted by atomic mass is 79.9.